The number of anilines is 1. The Kier molecular flexibility index (Phi) is 7.58. The van der Waals surface area contributed by atoms with Gasteiger partial charge in [0.25, 0.3) is 0 Å². The maximum absolute atomic E-state index is 12.5. The fraction of sp³-hybridized carbons (Fsp3) is 0.536. The summed E-state index contributed by atoms with van der Waals surface area (Å²) in [6.07, 6.45) is 5.43. The number of piperidine rings is 1. The first kappa shape index (κ1) is 25.8. The van der Waals surface area contributed by atoms with E-state index < -0.39 is 5.60 Å². The third-order valence-corrected chi connectivity index (χ3v) is 7.46. The van der Waals surface area contributed by atoms with Gasteiger partial charge in [0.05, 0.1) is 10.7 Å². The van der Waals surface area contributed by atoms with Crippen LogP contribution in [0.25, 0.3) is 22.3 Å². The van der Waals surface area contributed by atoms with Gasteiger partial charge in [-0.05, 0) is 76.6 Å². The molecule has 0 saturated carbocycles. The molecule has 9 heteroatoms. The van der Waals surface area contributed by atoms with Crippen molar-refractivity contribution in [3.8, 4) is 11.3 Å². The molecular formula is C28H36ClN5O3. The lowest BCUT2D eigenvalue weighted by Crippen LogP contribution is -2.41. The predicted molar refractivity (Wildman–Crippen MR) is 146 cm³/mol. The first-order valence-electron chi connectivity index (χ1n) is 13.2. The van der Waals surface area contributed by atoms with Gasteiger partial charge in [0.1, 0.15) is 17.1 Å². The molecule has 2 aliphatic heterocycles. The summed E-state index contributed by atoms with van der Waals surface area (Å²) in [5.74, 6) is 1.73. The van der Waals surface area contributed by atoms with Crippen LogP contribution in [0.2, 0.25) is 5.02 Å². The molecule has 2 aliphatic rings. The van der Waals surface area contributed by atoms with Crippen LogP contribution in [-0.4, -0.2) is 64.4 Å². The SMILES string of the molecule is CC(C)(C)OC(=O)N1CCC(c2cc3c(-c4nc(NCC5CCOCC5)ccc4Cl)ccnc3[nH]2)CC1. The van der Waals surface area contributed by atoms with E-state index in [1.807, 2.05) is 39.0 Å². The molecule has 37 heavy (non-hydrogen) atoms. The van der Waals surface area contributed by atoms with Gasteiger partial charge in [-0.15, -0.1) is 0 Å². The molecule has 198 valence electrons. The van der Waals surface area contributed by atoms with Crippen molar-refractivity contribution < 1.29 is 14.3 Å². The lowest BCUT2D eigenvalue weighted by molar-refractivity contribution is 0.0204. The summed E-state index contributed by atoms with van der Waals surface area (Å²) in [7, 11) is 0. The van der Waals surface area contributed by atoms with Crippen molar-refractivity contribution >= 4 is 34.5 Å². The molecule has 0 radical (unpaired) electrons. The molecule has 2 fully saturated rings. The molecule has 0 bridgehead atoms. The molecule has 3 aromatic heterocycles. The quantitative estimate of drug-likeness (QED) is 0.410. The number of ether oxygens (including phenoxy) is 2. The van der Waals surface area contributed by atoms with Crippen LogP contribution in [0.3, 0.4) is 0 Å². The highest BCUT2D eigenvalue weighted by Crippen LogP contribution is 2.36. The van der Waals surface area contributed by atoms with E-state index in [1.54, 1.807) is 11.1 Å². The van der Waals surface area contributed by atoms with Crippen molar-refractivity contribution in [2.45, 2.75) is 58.0 Å². The maximum Gasteiger partial charge on any atom is 0.410 e. The van der Waals surface area contributed by atoms with Gasteiger partial charge in [-0.2, -0.15) is 0 Å². The van der Waals surface area contributed by atoms with Crippen molar-refractivity contribution in [3.05, 3.63) is 41.2 Å². The lowest BCUT2D eigenvalue weighted by Gasteiger charge is -2.33. The molecule has 3 aromatic rings. The van der Waals surface area contributed by atoms with E-state index in [-0.39, 0.29) is 6.09 Å². The molecule has 0 atom stereocenters. The van der Waals surface area contributed by atoms with Crippen LogP contribution < -0.4 is 5.32 Å². The molecule has 0 unspecified atom stereocenters. The Labute approximate surface area is 223 Å². The number of hydrogen-bond acceptors (Lipinski definition) is 6. The van der Waals surface area contributed by atoms with Crippen LogP contribution in [0, 0.1) is 5.92 Å². The fourth-order valence-electron chi connectivity index (χ4n) is 5.10. The summed E-state index contributed by atoms with van der Waals surface area (Å²) in [6, 6.07) is 7.99. The summed E-state index contributed by atoms with van der Waals surface area (Å²) in [6.45, 7) is 9.56. The Balaban J connectivity index is 1.32. The van der Waals surface area contributed by atoms with Gasteiger partial charge in [-0.25, -0.2) is 14.8 Å². The molecular weight excluding hydrogens is 490 g/mol. The third-order valence-electron chi connectivity index (χ3n) is 7.15. The Bertz CT molecular complexity index is 1240. The number of pyridine rings is 2. The van der Waals surface area contributed by atoms with E-state index in [0.717, 1.165) is 79.2 Å². The Hall–Kier alpha value is -2.84. The standard InChI is InChI=1S/C28H36ClN5O3/c1-28(2,3)37-27(35)34-12-7-19(8-13-34)23-16-21-20(6-11-30-26(21)32-23)25-22(29)4-5-24(33-25)31-17-18-9-14-36-15-10-18/h4-6,11,16,18-19H,7-10,12-15,17H2,1-3H3,(H,30,32)(H,31,33). The number of fused-ring (bicyclic) bond motifs is 1. The average Bonchev–Trinajstić information content (AvgIpc) is 3.33. The number of halogens is 1. The summed E-state index contributed by atoms with van der Waals surface area (Å²) >= 11 is 6.64. The van der Waals surface area contributed by atoms with Crippen molar-refractivity contribution in [2.75, 3.05) is 38.2 Å². The molecule has 1 amide bonds. The van der Waals surface area contributed by atoms with Gasteiger partial charge in [-0.3, -0.25) is 0 Å². The molecule has 8 nitrogen and oxygen atoms in total. The number of amides is 1. The van der Waals surface area contributed by atoms with Crippen molar-refractivity contribution in [3.63, 3.8) is 0 Å². The molecule has 0 spiro atoms. The number of hydrogen-bond donors (Lipinski definition) is 2. The van der Waals surface area contributed by atoms with Crippen LogP contribution in [0.4, 0.5) is 10.6 Å². The summed E-state index contributed by atoms with van der Waals surface area (Å²) in [4.78, 5) is 27.2. The Morgan fingerprint density at radius 3 is 2.68 bits per heavy atom. The number of aromatic nitrogens is 3. The smallest absolute Gasteiger partial charge is 0.410 e. The lowest BCUT2D eigenvalue weighted by atomic mass is 9.93. The van der Waals surface area contributed by atoms with Crippen LogP contribution in [0.1, 0.15) is 58.1 Å². The zero-order chi connectivity index (χ0) is 26.0. The number of H-pyrrole nitrogens is 1. The molecule has 5 rings (SSSR count). The van der Waals surface area contributed by atoms with E-state index in [4.69, 9.17) is 26.1 Å². The van der Waals surface area contributed by atoms with E-state index in [1.165, 1.54) is 0 Å². The Morgan fingerprint density at radius 1 is 1.19 bits per heavy atom. The van der Waals surface area contributed by atoms with E-state index in [2.05, 4.69) is 21.4 Å². The number of carbonyl (C=O) groups is 1. The number of nitrogens with zero attached hydrogens (tertiary/aromatic N) is 3. The molecule has 0 aliphatic carbocycles. The molecule has 0 aromatic carbocycles. The second kappa shape index (κ2) is 10.9. The number of likely N-dealkylation sites (tertiary alicyclic amines) is 1. The molecule has 2 saturated heterocycles. The molecule has 2 N–H and O–H groups in total. The molecule has 5 heterocycles. The number of rotatable bonds is 5. The monoisotopic (exact) mass is 525 g/mol. The van der Waals surface area contributed by atoms with Crippen LogP contribution in [0.5, 0.6) is 0 Å². The van der Waals surface area contributed by atoms with E-state index in [0.29, 0.717) is 29.9 Å². The third kappa shape index (κ3) is 6.18. The topological polar surface area (TPSA) is 92.4 Å². The predicted octanol–water partition coefficient (Wildman–Crippen LogP) is 6.23. The number of aromatic amines is 1. The van der Waals surface area contributed by atoms with Gasteiger partial charge < -0.3 is 24.7 Å². The van der Waals surface area contributed by atoms with Crippen LogP contribution >= 0.6 is 11.6 Å². The van der Waals surface area contributed by atoms with Crippen molar-refractivity contribution in [1.82, 2.24) is 19.9 Å². The van der Waals surface area contributed by atoms with Gasteiger partial charge in [0.15, 0.2) is 0 Å². The van der Waals surface area contributed by atoms with Gasteiger partial charge in [-0.1, -0.05) is 11.6 Å². The first-order chi connectivity index (χ1) is 17.8. The second-order valence-electron chi connectivity index (χ2n) is 11.1. The summed E-state index contributed by atoms with van der Waals surface area (Å²) < 4.78 is 11.0. The van der Waals surface area contributed by atoms with Gasteiger partial charge in [0.2, 0.25) is 0 Å². The minimum absolute atomic E-state index is 0.238. The summed E-state index contributed by atoms with van der Waals surface area (Å²) in [5, 5.41) is 5.10. The van der Waals surface area contributed by atoms with Crippen LogP contribution in [0.15, 0.2) is 30.5 Å². The fourth-order valence-corrected chi connectivity index (χ4v) is 5.31. The normalized spacial score (nSPS) is 17.8. The number of carbonyl (C=O) groups excluding carboxylic acids is 1. The van der Waals surface area contributed by atoms with E-state index >= 15 is 0 Å². The zero-order valence-corrected chi connectivity index (χ0v) is 22.6. The highest BCUT2D eigenvalue weighted by molar-refractivity contribution is 6.33. The Morgan fingerprint density at radius 2 is 1.95 bits per heavy atom. The largest absolute Gasteiger partial charge is 0.444 e. The maximum atomic E-state index is 12.5. The highest BCUT2D eigenvalue weighted by Gasteiger charge is 2.28. The summed E-state index contributed by atoms with van der Waals surface area (Å²) in [5.41, 5.74) is 3.17. The second-order valence-corrected chi connectivity index (χ2v) is 11.5. The van der Waals surface area contributed by atoms with Gasteiger partial charge in [0, 0.05) is 61.6 Å². The first-order valence-corrected chi connectivity index (χ1v) is 13.6. The minimum Gasteiger partial charge on any atom is -0.444 e. The average molecular weight is 526 g/mol. The van der Waals surface area contributed by atoms with E-state index in [9.17, 15) is 4.79 Å². The zero-order valence-electron chi connectivity index (χ0n) is 21.8. The number of nitrogens with one attached hydrogen (secondary N) is 2. The minimum atomic E-state index is -0.486. The van der Waals surface area contributed by atoms with Crippen LogP contribution in [-0.2, 0) is 9.47 Å². The highest BCUT2D eigenvalue weighted by atomic mass is 35.5. The van der Waals surface area contributed by atoms with Gasteiger partial charge >= 0.3 is 6.09 Å². The van der Waals surface area contributed by atoms with Crippen molar-refractivity contribution in [2.24, 2.45) is 5.92 Å². The van der Waals surface area contributed by atoms with Crippen molar-refractivity contribution in [1.29, 1.82) is 0 Å².